The van der Waals surface area contributed by atoms with Crippen LogP contribution in [0.4, 0.5) is 4.79 Å². The monoisotopic (exact) mass is 593 g/mol. The highest BCUT2D eigenvalue weighted by molar-refractivity contribution is 5.94. The number of ether oxygens (including phenoxy) is 3. The van der Waals surface area contributed by atoms with E-state index in [0.29, 0.717) is 26.3 Å². The zero-order valence-corrected chi connectivity index (χ0v) is 25.8. The highest BCUT2D eigenvalue weighted by Crippen LogP contribution is 2.30. The molecule has 0 N–H and O–H groups in total. The lowest BCUT2D eigenvalue weighted by Crippen LogP contribution is -2.49. The molecule has 228 valence electrons. The molecule has 0 unspecified atom stereocenters. The van der Waals surface area contributed by atoms with Crippen LogP contribution in [0.1, 0.15) is 26.3 Å². The van der Waals surface area contributed by atoms with Gasteiger partial charge in [0.25, 0.3) is 0 Å². The zero-order valence-electron chi connectivity index (χ0n) is 25.8. The number of hydrogen-bond donors (Lipinski definition) is 0. The van der Waals surface area contributed by atoms with Gasteiger partial charge in [0.05, 0.1) is 23.2 Å². The van der Waals surface area contributed by atoms with Gasteiger partial charge in [0.1, 0.15) is 30.1 Å². The first-order chi connectivity index (χ1) is 21.3. The molecule has 2 aromatic heterocycles. The maximum Gasteiger partial charge on any atom is 0.410 e. The molecule has 0 spiro atoms. The highest BCUT2D eigenvalue weighted by Gasteiger charge is 2.25. The second kappa shape index (κ2) is 12.6. The molecule has 3 aromatic carbocycles. The normalized spacial score (nSPS) is 14.3. The summed E-state index contributed by atoms with van der Waals surface area (Å²) in [6.45, 7) is 10.6. The number of piperazine rings is 1. The predicted octanol–water partition coefficient (Wildman–Crippen LogP) is 6.32. The predicted molar refractivity (Wildman–Crippen MR) is 172 cm³/mol. The number of fused-ring (bicyclic) bond motifs is 2. The maximum atomic E-state index is 12.4. The van der Waals surface area contributed by atoms with Crippen molar-refractivity contribution < 1.29 is 19.0 Å². The molecule has 1 aliphatic heterocycles. The van der Waals surface area contributed by atoms with Gasteiger partial charge in [-0.2, -0.15) is 0 Å². The summed E-state index contributed by atoms with van der Waals surface area (Å²) in [6.07, 6.45) is 1.58. The van der Waals surface area contributed by atoms with Crippen molar-refractivity contribution in [3.63, 3.8) is 0 Å². The summed E-state index contributed by atoms with van der Waals surface area (Å²) in [7, 11) is 1.66. The summed E-state index contributed by atoms with van der Waals surface area (Å²) in [5.41, 5.74) is 5.71. The largest absolute Gasteiger partial charge is 0.491 e. The smallest absolute Gasteiger partial charge is 0.410 e. The number of amides is 1. The summed E-state index contributed by atoms with van der Waals surface area (Å²) in [5, 5.41) is 1.08. The van der Waals surface area contributed by atoms with Gasteiger partial charge in [-0.05, 0) is 56.2 Å². The molecule has 0 bridgehead atoms. The van der Waals surface area contributed by atoms with Crippen LogP contribution in [0, 0.1) is 0 Å². The Bertz CT molecular complexity index is 1750. The van der Waals surface area contributed by atoms with Gasteiger partial charge in [0, 0.05) is 56.8 Å². The highest BCUT2D eigenvalue weighted by atomic mass is 16.6. The molecule has 1 saturated heterocycles. The Morgan fingerprint density at radius 1 is 0.909 bits per heavy atom. The van der Waals surface area contributed by atoms with Crippen molar-refractivity contribution in [1.29, 1.82) is 0 Å². The lowest BCUT2D eigenvalue weighted by atomic mass is 10.0. The lowest BCUT2D eigenvalue weighted by Gasteiger charge is -2.35. The SMILES string of the molecule is COCCOc1ccc2c(c1)ncn2-c1ccc2cccc(-c3ccc(CN4CCN(C(=O)OC(C)(C)C)CC4)cc3)c2n1. The molecule has 3 heterocycles. The topological polar surface area (TPSA) is 82.0 Å². The Morgan fingerprint density at radius 2 is 1.70 bits per heavy atom. The second-order valence-corrected chi connectivity index (χ2v) is 12.1. The summed E-state index contributed by atoms with van der Waals surface area (Å²) in [5.74, 6) is 1.57. The van der Waals surface area contributed by atoms with Gasteiger partial charge in [0.15, 0.2) is 0 Å². The molecule has 1 amide bonds. The van der Waals surface area contributed by atoms with Crippen LogP contribution in [0.15, 0.2) is 79.1 Å². The van der Waals surface area contributed by atoms with E-state index in [0.717, 1.165) is 64.3 Å². The van der Waals surface area contributed by atoms with Crippen molar-refractivity contribution in [1.82, 2.24) is 24.3 Å². The average molecular weight is 594 g/mol. The van der Waals surface area contributed by atoms with Crippen molar-refractivity contribution in [3.8, 4) is 22.7 Å². The fourth-order valence-electron chi connectivity index (χ4n) is 5.47. The van der Waals surface area contributed by atoms with Gasteiger partial charge in [-0.15, -0.1) is 0 Å². The third-order valence-corrected chi connectivity index (χ3v) is 7.72. The number of carbonyl (C=O) groups is 1. The van der Waals surface area contributed by atoms with Gasteiger partial charge in [-0.1, -0.05) is 42.5 Å². The standard InChI is InChI=1S/C35H39N5O4/c1-35(2,3)44-34(41)39-18-16-38(17-19-39)23-25-8-10-26(11-9-25)29-7-5-6-27-12-15-32(37-33(27)29)40-24-36-30-22-28(13-14-31(30)40)43-21-20-42-4/h5-15,22,24H,16-21,23H2,1-4H3. The Hall–Kier alpha value is -4.47. The minimum Gasteiger partial charge on any atom is -0.491 e. The Morgan fingerprint density at radius 3 is 2.45 bits per heavy atom. The van der Waals surface area contributed by atoms with Gasteiger partial charge in [0.2, 0.25) is 0 Å². The second-order valence-electron chi connectivity index (χ2n) is 12.1. The van der Waals surface area contributed by atoms with E-state index in [2.05, 4.69) is 58.4 Å². The van der Waals surface area contributed by atoms with Crippen LogP contribution in [0.3, 0.4) is 0 Å². The Balaban J connectivity index is 1.17. The van der Waals surface area contributed by atoms with E-state index < -0.39 is 5.60 Å². The molecule has 6 rings (SSSR count). The van der Waals surface area contributed by atoms with E-state index in [-0.39, 0.29) is 6.09 Å². The Labute approximate surface area is 258 Å². The number of carbonyl (C=O) groups excluding carboxylic acids is 1. The minimum atomic E-state index is -0.477. The minimum absolute atomic E-state index is 0.230. The Kier molecular flexibility index (Phi) is 8.50. The number of nitrogens with zero attached hydrogens (tertiary/aromatic N) is 5. The van der Waals surface area contributed by atoms with Gasteiger partial charge in [-0.3, -0.25) is 9.47 Å². The number of pyridine rings is 1. The molecule has 0 atom stereocenters. The third-order valence-electron chi connectivity index (χ3n) is 7.72. The summed E-state index contributed by atoms with van der Waals surface area (Å²) in [6, 6.07) is 25.1. The molecular formula is C35H39N5O4. The van der Waals surface area contributed by atoms with Crippen molar-refractivity contribution in [2.75, 3.05) is 46.5 Å². The van der Waals surface area contributed by atoms with Crippen LogP contribution in [-0.2, 0) is 16.0 Å². The average Bonchev–Trinajstić information content (AvgIpc) is 3.44. The number of benzene rings is 3. The third kappa shape index (κ3) is 6.69. The van der Waals surface area contributed by atoms with Crippen LogP contribution < -0.4 is 4.74 Å². The number of imidazole rings is 1. The van der Waals surface area contributed by atoms with Crippen LogP contribution in [0.2, 0.25) is 0 Å². The summed E-state index contributed by atoms with van der Waals surface area (Å²) in [4.78, 5) is 26.3. The molecule has 0 saturated carbocycles. The van der Waals surface area contributed by atoms with E-state index in [1.54, 1.807) is 12.0 Å². The van der Waals surface area contributed by atoms with Crippen molar-refractivity contribution in [3.05, 3.63) is 84.7 Å². The molecule has 5 aromatic rings. The maximum absolute atomic E-state index is 12.4. The van der Waals surface area contributed by atoms with Gasteiger partial charge < -0.3 is 19.1 Å². The molecular weight excluding hydrogens is 554 g/mol. The first-order valence-corrected chi connectivity index (χ1v) is 15.1. The summed E-state index contributed by atoms with van der Waals surface area (Å²) >= 11 is 0. The number of rotatable bonds is 8. The van der Waals surface area contributed by atoms with E-state index in [1.807, 2.05) is 55.9 Å². The van der Waals surface area contributed by atoms with Crippen molar-refractivity contribution >= 4 is 28.0 Å². The van der Waals surface area contributed by atoms with Crippen LogP contribution in [-0.4, -0.2) is 82.5 Å². The number of hydrogen-bond acceptors (Lipinski definition) is 7. The van der Waals surface area contributed by atoms with E-state index in [4.69, 9.17) is 19.2 Å². The molecule has 1 fully saturated rings. The van der Waals surface area contributed by atoms with Crippen LogP contribution in [0.5, 0.6) is 5.75 Å². The quantitative estimate of drug-likeness (QED) is 0.195. The number of methoxy groups -OCH3 is 1. The van der Waals surface area contributed by atoms with Crippen molar-refractivity contribution in [2.24, 2.45) is 0 Å². The van der Waals surface area contributed by atoms with Crippen LogP contribution in [0.25, 0.3) is 38.9 Å². The molecule has 0 aliphatic carbocycles. The van der Waals surface area contributed by atoms with E-state index in [9.17, 15) is 4.79 Å². The van der Waals surface area contributed by atoms with Gasteiger partial charge in [-0.25, -0.2) is 14.8 Å². The molecule has 9 heteroatoms. The lowest BCUT2D eigenvalue weighted by molar-refractivity contribution is 0.0139. The number of para-hydroxylation sites is 1. The van der Waals surface area contributed by atoms with Gasteiger partial charge >= 0.3 is 6.09 Å². The first kappa shape index (κ1) is 29.6. The fourth-order valence-corrected chi connectivity index (χ4v) is 5.47. The molecule has 9 nitrogen and oxygen atoms in total. The van der Waals surface area contributed by atoms with E-state index >= 15 is 0 Å². The van der Waals surface area contributed by atoms with Crippen molar-refractivity contribution in [2.45, 2.75) is 32.9 Å². The molecule has 0 radical (unpaired) electrons. The number of aromatic nitrogens is 3. The summed E-state index contributed by atoms with van der Waals surface area (Å²) < 4.78 is 18.4. The molecule has 1 aliphatic rings. The molecule has 44 heavy (non-hydrogen) atoms. The van der Waals surface area contributed by atoms with Crippen LogP contribution >= 0.6 is 0 Å². The van der Waals surface area contributed by atoms with E-state index in [1.165, 1.54) is 5.56 Å². The fraction of sp³-hybridized carbons (Fsp3) is 0.343. The first-order valence-electron chi connectivity index (χ1n) is 15.1. The zero-order chi connectivity index (χ0) is 30.7.